The monoisotopic (exact) mass is 770 g/mol. The quantitative estimate of drug-likeness (QED) is 0.104. The molecule has 6 heterocycles. The number of hydrogen-bond donors (Lipinski definition) is 4. The van der Waals surface area contributed by atoms with Gasteiger partial charge in [-0.05, 0) is 19.1 Å². The van der Waals surface area contributed by atoms with E-state index in [1.165, 1.54) is 17.2 Å². The number of H-pyrrole nitrogens is 1. The van der Waals surface area contributed by atoms with Gasteiger partial charge in [0.25, 0.3) is 11.5 Å². The van der Waals surface area contributed by atoms with Gasteiger partial charge >= 0.3 is 8.25 Å². The van der Waals surface area contributed by atoms with E-state index >= 15 is 0 Å². The smallest absolute Gasteiger partial charge is 0.394 e. The van der Waals surface area contributed by atoms with E-state index in [4.69, 9.17) is 23.0 Å². The van der Waals surface area contributed by atoms with Crippen LogP contribution in [0.15, 0.2) is 54.1 Å². The lowest BCUT2D eigenvalue weighted by molar-refractivity contribution is -0.0479. The molecule has 2 aliphatic rings. The lowest BCUT2D eigenvalue weighted by atomic mass is 10.0. The van der Waals surface area contributed by atoms with Crippen LogP contribution in [0.25, 0.3) is 22.3 Å². The molecule has 22 heteroatoms. The van der Waals surface area contributed by atoms with Crippen LogP contribution in [-0.2, 0) is 27.6 Å². The first-order chi connectivity index (χ1) is 25.3. The number of carbonyl (C=O) groups is 1. The van der Waals surface area contributed by atoms with Crippen LogP contribution in [0.4, 0.5) is 5.82 Å². The molecule has 0 saturated carbocycles. The number of fused-ring (bicyclic) bond motifs is 2. The average molecular weight is 770 g/mol. The highest BCUT2D eigenvalue weighted by molar-refractivity contribution is 7.89. The maximum atomic E-state index is 12.9. The van der Waals surface area contributed by atoms with E-state index in [2.05, 4.69) is 35.2 Å². The first-order valence-electron chi connectivity index (χ1n) is 16.3. The molecule has 0 radical (unpaired) electrons. The number of nitrogens with one attached hydrogen (secondary N) is 2. The normalized spacial score (nSPS) is 27.3. The summed E-state index contributed by atoms with van der Waals surface area (Å²) in [7, 11) is -5.94. The molecule has 0 spiro atoms. The minimum Gasteiger partial charge on any atom is -0.394 e. The van der Waals surface area contributed by atoms with Crippen LogP contribution in [0, 0.1) is 18.8 Å². The molecule has 0 aliphatic carbocycles. The average Bonchev–Trinajstić information content (AvgIpc) is 3.89. The molecule has 1 amide bonds. The van der Waals surface area contributed by atoms with Gasteiger partial charge in [0.15, 0.2) is 48.0 Å². The zero-order valence-electron chi connectivity index (χ0n) is 28.3. The van der Waals surface area contributed by atoms with E-state index in [0.29, 0.717) is 22.6 Å². The van der Waals surface area contributed by atoms with Crippen LogP contribution < -0.4 is 10.9 Å². The van der Waals surface area contributed by atoms with Gasteiger partial charge < -0.3 is 24.9 Å². The molecule has 2 aliphatic heterocycles. The maximum Gasteiger partial charge on any atom is 0.695 e. The van der Waals surface area contributed by atoms with Crippen molar-refractivity contribution < 1.29 is 42.4 Å². The Hall–Kier alpha value is -4.10. The Morgan fingerprint density at radius 2 is 1.72 bits per heavy atom. The molecule has 280 valence electrons. The molecule has 4 aromatic heterocycles. The summed E-state index contributed by atoms with van der Waals surface area (Å²) in [6.45, 7) is 7.17. The fourth-order valence-electron chi connectivity index (χ4n) is 6.53. The van der Waals surface area contributed by atoms with E-state index in [1.54, 1.807) is 42.1 Å². The van der Waals surface area contributed by atoms with Gasteiger partial charge in [-0.1, -0.05) is 32.0 Å². The summed E-state index contributed by atoms with van der Waals surface area (Å²) in [4.78, 5) is 59.4. The summed E-state index contributed by atoms with van der Waals surface area (Å²) in [5.74, 6) is -0.396. The Balaban J connectivity index is 1.05. The fourth-order valence-corrected chi connectivity index (χ4v) is 8.12. The number of nitrogens with zero attached hydrogens (tertiary/aromatic N) is 7. The molecule has 53 heavy (non-hydrogen) atoms. The maximum absolute atomic E-state index is 12.9. The molecule has 0 bridgehead atoms. The number of anilines is 1. The molecule has 2 fully saturated rings. The number of aliphatic hydroxyl groups excluding tert-OH is 1. The minimum atomic E-state index is -2.98. The van der Waals surface area contributed by atoms with Gasteiger partial charge in [-0.25, -0.2) is 29.4 Å². The molecular formula is C31H39BN9O10P2+. The highest BCUT2D eigenvalue weighted by Gasteiger charge is 2.51. The molecule has 4 N–H and O–H groups in total. The molecule has 4 unspecified atom stereocenters. The Labute approximate surface area is 304 Å². The molecule has 10 atom stereocenters. The predicted octanol–water partition coefficient (Wildman–Crippen LogP) is 1.77. The van der Waals surface area contributed by atoms with E-state index in [-0.39, 0.29) is 42.0 Å². The van der Waals surface area contributed by atoms with E-state index in [9.17, 15) is 24.2 Å². The Bertz CT molecular complexity index is 2210. The van der Waals surface area contributed by atoms with Crippen molar-refractivity contribution in [2.45, 2.75) is 57.6 Å². The van der Waals surface area contributed by atoms with Gasteiger partial charge in [0.05, 0.1) is 39.6 Å². The first-order valence-corrected chi connectivity index (χ1v) is 19.0. The van der Waals surface area contributed by atoms with Gasteiger partial charge in [-0.2, -0.15) is 0 Å². The first kappa shape index (κ1) is 37.2. The largest absolute Gasteiger partial charge is 0.695 e. The van der Waals surface area contributed by atoms with Gasteiger partial charge in [0.1, 0.15) is 37.2 Å². The van der Waals surface area contributed by atoms with Crippen molar-refractivity contribution in [3.05, 3.63) is 71.1 Å². The molecule has 1 aromatic carbocycles. The van der Waals surface area contributed by atoms with Crippen molar-refractivity contribution in [2.24, 2.45) is 11.8 Å². The van der Waals surface area contributed by atoms with Crippen LogP contribution in [0.2, 0.25) is 0 Å². The van der Waals surface area contributed by atoms with Crippen molar-refractivity contribution in [2.75, 3.05) is 25.2 Å². The Morgan fingerprint density at radius 3 is 2.43 bits per heavy atom. The summed E-state index contributed by atoms with van der Waals surface area (Å²) in [6, 6.07) is 8.76. The van der Waals surface area contributed by atoms with Crippen LogP contribution >= 0.6 is 15.8 Å². The van der Waals surface area contributed by atoms with Crippen LogP contribution in [-0.4, -0.2) is 107 Å². The topological polar surface area (TPSA) is 240 Å². The van der Waals surface area contributed by atoms with Crippen molar-refractivity contribution in [3.63, 3.8) is 0 Å². The van der Waals surface area contributed by atoms with E-state index in [0.717, 1.165) is 0 Å². The summed E-state index contributed by atoms with van der Waals surface area (Å²) >= 11 is 0. The van der Waals surface area contributed by atoms with Crippen molar-refractivity contribution in [1.82, 2.24) is 39.0 Å². The Morgan fingerprint density at radius 1 is 1.02 bits per heavy atom. The highest BCUT2D eigenvalue weighted by atomic mass is 31.2. The van der Waals surface area contributed by atoms with Gasteiger partial charge in [-0.3, -0.25) is 23.2 Å². The van der Waals surface area contributed by atoms with E-state index in [1.807, 2.05) is 26.6 Å². The second-order valence-corrected chi connectivity index (χ2v) is 14.5. The van der Waals surface area contributed by atoms with Crippen LogP contribution in [0.5, 0.6) is 0 Å². The third-order valence-electron chi connectivity index (χ3n) is 9.16. The van der Waals surface area contributed by atoms with Gasteiger partial charge in [0, 0.05) is 22.0 Å². The summed E-state index contributed by atoms with van der Waals surface area (Å²) in [6.07, 6.45) is 0.117. The zero-order chi connectivity index (χ0) is 37.6. The number of benzene rings is 1. The number of rotatable bonds is 12. The second kappa shape index (κ2) is 15.0. The lowest BCUT2D eigenvalue weighted by Gasteiger charge is -2.30. The standard InChI is InChI=1S/C31H38BN9O10P2/c1-15-20(49-31(24(15)50-52(45)46)41-14-36-22-27(41)37-17(3)38-29(22)44)11-47-53(4,32)51-23-16(2)30(48-19(23)10-42)40-13-35-21-25(33-12-34-26(21)40)39-28(43)18-8-6-5-7-9-18/h5-9,12-16,19-20,23-24,30-31,42H,10-11H2,1-4,32H3,(H2-,33,34,37,38,39,43,44,45,46)/p+1/t15?,16?,19-,20-,23-,24+,30-,31-,53?/m1/s1. The molecular weight excluding hydrogens is 731 g/mol. The molecule has 7 rings (SSSR count). The number of amides is 1. The number of aromatic amines is 1. The number of aliphatic hydroxyl groups is 1. The van der Waals surface area contributed by atoms with Crippen LogP contribution in [0.3, 0.4) is 0 Å². The lowest BCUT2D eigenvalue weighted by Crippen LogP contribution is -2.33. The van der Waals surface area contributed by atoms with Crippen LogP contribution in [0.1, 0.15) is 42.5 Å². The number of aryl methyl sites for hydroxylation is 1. The Kier molecular flexibility index (Phi) is 10.5. The predicted molar refractivity (Wildman–Crippen MR) is 194 cm³/mol. The zero-order valence-corrected chi connectivity index (χ0v) is 30.1. The third-order valence-corrected chi connectivity index (χ3v) is 10.6. The van der Waals surface area contributed by atoms with Crippen molar-refractivity contribution in [3.8, 4) is 0 Å². The summed E-state index contributed by atoms with van der Waals surface area (Å²) in [5, 5.41) is 13.2. The highest BCUT2D eigenvalue weighted by Crippen LogP contribution is 2.57. The fraction of sp³-hybridized carbons (Fsp3) is 0.452. The number of imidazole rings is 2. The van der Waals surface area contributed by atoms with Gasteiger partial charge in [0.2, 0.25) is 0 Å². The molecule has 5 aromatic rings. The van der Waals surface area contributed by atoms with Gasteiger partial charge in [-0.15, -0.1) is 9.42 Å². The van der Waals surface area contributed by atoms with E-state index < -0.39 is 71.8 Å². The minimum absolute atomic E-state index is 0.100. The second-order valence-electron chi connectivity index (χ2n) is 12.5. The number of ether oxygens (including phenoxy) is 2. The van der Waals surface area contributed by atoms with Crippen molar-refractivity contribution >= 4 is 57.5 Å². The summed E-state index contributed by atoms with van der Waals surface area (Å²) < 4.78 is 46.5. The number of carbonyl (C=O) groups excluding carboxylic acids is 1. The number of hydrogen-bond acceptors (Lipinski definition) is 14. The molecule has 19 nitrogen and oxygen atoms in total. The summed E-state index contributed by atoms with van der Waals surface area (Å²) in [5.41, 5.74) is 1.23. The third kappa shape index (κ3) is 7.39. The SMILES string of the molecule is [BH3-][P+](C)(OC[C@H]1O[C@@H](n2cnc3c(=O)[nH]c(C)nc32)[C@@H](O[P+](=O)O)C1C)O[C@@H]1C(C)[C@H](n2cnc3c(NC(=O)c4ccccc4)ncnc32)O[C@@H]1CO. The molecule has 2 saturated heterocycles. The van der Waals surface area contributed by atoms with Crippen molar-refractivity contribution in [1.29, 1.82) is 0 Å². The number of aromatic nitrogens is 8.